The normalized spacial score (nSPS) is 17.6. The average molecular weight is 396 g/mol. The van der Waals surface area contributed by atoms with Crippen LogP contribution < -0.4 is 10.5 Å². The number of carbonyl (C=O) groups is 1. The number of thiophene rings is 1. The highest BCUT2D eigenvalue weighted by molar-refractivity contribution is 7.91. The molecule has 0 spiro atoms. The van der Waals surface area contributed by atoms with Gasteiger partial charge in [-0.05, 0) is 36.6 Å². The number of sulfonamides is 1. The van der Waals surface area contributed by atoms with Crippen molar-refractivity contribution in [3.63, 3.8) is 0 Å². The summed E-state index contributed by atoms with van der Waals surface area (Å²) in [7, 11) is -3.45. The Balaban J connectivity index is 0.00000288. The number of hydrogen-bond acceptors (Lipinski definition) is 5. The van der Waals surface area contributed by atoms with Gasteiger partial charge in [0.05, 0.1) is 6.04 Å². The molecule has 0 aliphatic carbocycles. The van der Waals surface area contributed by atoms with Crippen LogP contribution in [-0.2, 0) is 14.8 Å². The lowest BCUT2D eigenvalue weighted by atomic mass is 10.0. The van der Waals surface area contributed by atoms with Gasteiger partial charge in [0, 0.05) is 19.1 Å². The molecule has 2 heterocycles. The summed E-state index contributed by atoms with van der Waals surface area (Å²) in [5.41, 5.74) is 5.95. The van der Waals surface area contributed by atoms with Gasteiger partial charge in [0.1, 0.15) is 4.21 Å². The Labute approximate surface area is 154 Å². The smallest absolute Gasteiger partial charge is 0.250 e. The van der Waals surface area contributed by atoms with Crippen LogP contribution in [0.5, 0.6) is 0 Å². The Bertz CT molecular complexity index is 612. The van der Waals surface area contributed by atoms with Crippen molar-refractivity contribution in [1.29, 1.82) is 0 Å². The number of halogens is 1. The van der Waals surface area contributed by atoms with E-state index < -0.39 is 16.1 Å². The first kappa shape index (κ1) is 21.4. The van der Waals surface area contributed by atoms with Crippen molar-refractivity contribution in [3.05, 3.63) is 17.5 Å². The molecular formula is C15H26ClN3O3S2. The summed E-state index contributed by atoms with van der Waals surface area (Å²) < 4.78 is 27.5. The minimum atomic E-state index is -3.45. The third kappa shape index (κ3) is 5.70. The van der Waals surface area contributed by atoms with Crippen LogP contribution >= 0.6 is 23.7 Å². The third-order valence-corrected chi connectivity index (χ3v) is 6.85. The molecule has 0 saturated carbocycles. The van der Waals surface area contributed by atoms with Crippen LogP contribution in [0.3, 0.4) is 0 Å². The molecule has 6 nitrogen and oxygen atoms in total. The predicted molar refractivity (Wildman–Crippen MR) is 98.9 cm³/mol. The van der Waals surface area contributed by atoms with Crippen LogP contribution in [-0.4, -0.2) is 44.4 Å². The predicted octanol–water partition coefficient (Wildman–Crippen LogP) is 1.81. The van der Waals surface area contributed by atoms with Crippen LogP contribution in [0.15, 0.2) is 21.7 Å². The van der Waals surface area contributed by atoms with E-state index in [1.54, 1.807) is 22.4 Å². The molecule has 0 aromatic carbocycles. The lowest BCUT2D eigenvalue weighted by Crippen LogP contribution is -2.51. The summed E-state index contributed by atoms with van der Waals surface area (Å²) in [6, 6.07) is 2.72. The first-order chi connectivity index (χ1) is 10.8. The number of likely N-dealkylation sites (tertiary alicyclic amines) is 1. The van der Waals surface area contributed by atoms with Crippen molar-refractivity contribution in [2.45, 2.75) is 49.4 Å². The summed E-state index contributed by atoms with van der Waals surface area (Å²) in [5.74, 6) is 0.349. The molecule has 1 saturated heterocycles. The lowest BCUT2D eigenvalue weighted by Gasteiger charge is -2.33. The molecule has 1 fully saturated rings. The van der Waals surface area contributed by atoms with Gasteiger partial charge in [-0.3, -0.25) is 4.79 Å². The molecule has 0 unspecified atom stereocenters. The van der Waals surface area contributed by atoms with Crippen molar-refractivity contribution < 1.29 is 13.2 Å². The van der Waals surface area contributed by atoms with E-state index in [4.69, 9.17) is 5.73 Å². The highest BCUT2D eigenvalue weighted by atomic mass is 35.5. The minimum Gasteiger partial charge on any atom is -0.341 e. The van der Waals surface area contributed by atoms with Crippen LogP contribution in [0, 0.1) is 5.92 Å². The summed E-state index contributed by atoms with van der Waals surface area (Å²) >= 11 is 1.20. The second kappa shape index (κ2) is 9.15. The molecule has 24 heavy (non-hydrogen) atoms. The van der Waals surface area contributed by atoms with Gasteiger partial charge in [0.25, 0.3) is 0 Å². The van der Waals surface area contributed by atoms with Crippen molar-refractivity contribution in [2.24, 2.45) is 11.7 Å². The summed E-state index contributed by atoms with van der Waals surface area (Å²) in [4.78, 5) is 14.0. The molecule has 1 aromatic heterocycles. The topological polar surface area (TPSA) is 92.5 Å². The fourth-order valence-electron chi connectivity index (χ4n) is 2.75. The van der Waals surface area contributed by atoms with Crippen molar-refractivity contribution in [2.75, 3.05) is 13.1 Å². The number of nitrogens with zero attached hydrogens (tertiary/aromatic N) is 1. The molecule has 0 bridgehead atoms. The van der Waals surface area contributed by atoms with Crippen LogP contribution in [0.4, 0.5) is 0 Å². The van der Waals surface area contributed by atoms with Crippen molar-refractivity contribution >= 4 is 39.7 Å². The molecule has 1 atom stereocenters. The molecule has 1 aliphatic heterocycles. The van der Waals surface area contributed by atoms with E-state index in [1.165, 1.54) is 11.3 Å². The third-order valence-electron chi connectivity index (χ3n) is 3.93. The van der Waals surface area contributed by atoms with Crippen molar-refractivity contribution in [3.8, 4) is 0 Å². The molecule has 0 radical (unpaired) electrons. The van der Waals surface area contributed by atoms with Crippen molar-refractivity contribution in [1.82, 2.24) is 9.62 Å². The second-order valence-electron chi connectivity index (χ2n) is 6.39. The van der Waals surface area contributed by atoms with Gasteiger partial charge in [0.15, 0.2) is 0 Å². The molecule has 1 amide bonds. The van der Waals surface area contributed by atoms with Gasteiger partial charge >= 0.3 is 0 Å². The number of amides is 1. The molecule has 9 heteroatoms. The average Bonchev–Trinajstić information content (AvgIpc) is 3.01. The van der Waals surface area contributed by atoms with Crippen LogP contribution in [0.2, 0.25) is 0 Å². The van der Waals surface area contributed by atoms with Gasteiger partial charge in [-0.25, -0.2) is 13.1 Å². The highest BCUT2D eigenvalue weighted by Crippen LogP contribution is 2.19. The Morgan fingerprint density at radius 2 is 2.04 bits per heavy atom. The van der Waals surface area contributed by atoms with E-state index in [0.717, 1.165) is 0 Å². The Morgan fingerprint density at radius 3 is 2.54 bits per heavy atom. The maximum atomic E-state index is 12.3. The number of carbonyl (C=O) groups excluding carboxylic acids is 1. The van der Waals surface area contributed by atoms with E-state index in [0.29, 0.717) is 42.5 Å². The molecule has 2 rings (SSSR count). The number of nitrogens with two attached hydrogens (primary N) is 1. The zero-order valence-electron chi connectivity index (χ0n) is 14.0. The second-order valence-corrected chi connectivity index (χ2v) is 9.28. The number of piperidine rings is 1. The molecule has 1 aromatic rings. The van der Waals surface area contributed by atoms with Crippen LogP contribution in [0.1, 0.15) is 33.1 Å². The van der Waals surface area contributed by atoms with Gasteiger partial charge in [-0.2, -0.15) is 0 Å². The van der Waals surface area contributed by atoms with E-state index >= 15 is 0 Å². The minimum absolute atomic E-state index is 0. The molecule has 138 valence electrons. The highest BCUT2D eigenvalue weighted by Gasteiger charge is 2.29. The maximum Gasteiger partial charge on any atom is 0.250 e. The fraction of sp³-hybridized carbons (Fsp3) is 0.667. The number of hydrogen-bond donors (Lipinski definition) is 2. The molecular weight excluding hydrogens is 370 g/mol. The van der Waals surface area contributed by atoms with Gasteiger partial charge in [-0.1, -0.05) is 19.9 Å². The van der Waals surface area contributed by atoms with Gasteiger partial charge in [0.2, 0.25) is 15.9 Å². The summed E-state index contributed by atoms with van der Waals surface area (Å²) in [5, 5.41) is 1.74. The number of nitrogens with one attached hydrogen (secondary N) is 1. The first-order valence-corrected chi connectivity index (χ1v) is 10.3. The van der Waals surface area contributed by atoms with Gasteiger partial charge < -0.3 is 10.6 Å². The van der Waals surface area contributed by atoms with Crippen LogP contribution in [0.25, 0.3) is 0 Å². The quantitative estimate of drug-likeness (QED) is 0.768. The van der Waals surface area contributed by atoms with E-state index in [2.05, 4.69) is 4.72 Å². The largest absolute Gasteiger partial charge is 0.341 e. The Kier molecular flexibility index (Phi) is 8.14. The number of rotatable bonds is 6. The molecule has 3 N–H and O–H groups in total. The standard InChI is InChI=1S/C15H25N3O3S2.ClH/c1-11(2)10-13(16)15(19)18-7-5-12(6-8-18)17-23(20,21)14-4-3-9-22-14;/h3-4,9,11-13,17H,5-8,10,16H2,1-2H3;1H/t13-;/m0./s1. The Hall–Kier alpha value is -0.670. The van der Waals surface area contributed by atoms with E-state index in [-0.39, 0.29) is 24.4 Å². The Morgan fingerprint density at radius 1 is 1.42 bits per heavy atom. The SMILES string of the molecule is CC(C)C[C@H](N)C(=O)N1CCC(NS(=O)(=O)c2cccs2)CC1.Cl. The van der Waals surface area contributed by atoms with E-state index in [1.807, 2.05) is 13.8 Å². The summed E-state index contributed by atoms with van der Waals surface area (Å²) in [6.07, 6.45) is 1.90. The zero-order valence-corrected chi connectivity index (χ0v) is 16.4. The molecule has 1 aliphatic rings. The first-order valence-electron chi connectivity index (χ1n) is 7.90. The lowest BCUT2D eigenvalue weighted by molar-refractivity contribution is -0.134. The zero-order chi connectivity index (χ0) is 17.0. The van der Waals surface area contributed by atoms with Gasteiger partial charge in [-0.15, -0.1) is 23.7 Å². The van der Waals surface area contributed by atoms with E-state index in [9.17, 15) is 13.2 Å². The monoisotopic (exact) mass is 395 g/mol. The fourth-order valence-corrected chi connectivity index (χ4v) is 5.07. The summed E-state index contributed by atoms with van der Waals surface area (Å²) in [6.45, 7) is 5.17. The maximum absolute atomic E-state index is 12.3.